The minimum atomic E-state index is -3.74. The van der Waals surface area contributed by atoms with Crippen LogP contribution >= 0.6 is 0 Å². The van der Waals surface area contributed by atoms with E-state index in [0.717, 1.165) is 29.1 Å². The van der Waals surface area contributed by atoms with Crippen LogP contribution in [0, 0.1) is 20.8 Å². The first kappa shape index (κ1) is 19.3. The summed E-state index contributed by atoms with van der Waals surface area (Å²) in [5.41, 5.74) is 3.80. The molecule has 3 rings (SSSR count). The number of aromatic nitrogens is 3. The van der Waals surface area contributed by atoms with E-state index >= 15 is 0 Å². The van der Waals surface area contributed by atoms with E-state index in [1.807, 2.05) is 32.4 Å². The second kappa shape index (κ2) is 6.94. The number of aryl methyl sites for hydroxylation is 3. The van der Waals surface area contributed by atoms with Gasteiger partial charge in [-0.05, 0) is 58.4 Å². The Labute approximate surface area is 158 Å². The maximum absolute atomic E-state index is 12.9. The molecular weight excluding hydrogens is 364 g/mol. The lowest BCUT2D eigenvalue weighted by Crippen LogP contribution is -2.27. The molecule has 0 bridgehead atoms. The molecule has 144 valence electrons. The van der Waals surface area contributed by atoms with Gasteiger partial charge in [0.15, 0.2) is 0 Å². The minimum absolute atomic E-state index is 0.162. The summed E-state index contributed by atoms with van der Waals surface area (Å²) in [6, 6.07) is 5.75. The van der Waals surface area contributed by atoms with Crippen molar-refractivity contribution in [3.8, 4) is 0 Å². The summed E-state index contributed by atoms with van der Waals surface area (Å²) in [5, 5.41) is 5.17. The zero-order chi connectivity index (χ0) is 19.9. The van der Waals surface area contributed by atoms with E-state index in [-0.39, 0.29) is 10.5 Å². The number of pyridine rings is 1. The van der Waals surface area contributed by atoms with Gasteiger partial charge in [0, 0.05) is 40.8 Å². The number of rotatable bonds is 5. The Kier molecular flexibility index (Phi) is 4.96. The Hall–Kier alpha value is -2.45. The van der Waals surface area contributed by atoms with Crippen LogP contribution in [0.3, 0.4) is 0 Å². The highest BCUT2D eigenvalue weighted by molar-refractivity contribution is 7.89. The lowest BCUT2D eigenvalue weighted by Gasteiger charge is -2.16. The molecule has 7 nitrogen and oxygen atoms in total. The smallest absolute Gasteiger partial charge is 0.248 e. The maximum atomic E-state index is 12.9. The highest BCUT2D eigenvalue weighted by atomic mass is 32.2. The number of sulfonamides is 1. The van der Waals surface area contributed by atoms with Gasteiger partial charge in [-0.25, -0.2) is 13.1 Å². The van der Waals surface area contributed by atoms with Crippen LogP contribution in [0.4, 0.5) is 0 Å². The molecule has 0 saturated carbocycles. The van der Waals surface area contributed by atoms with Crippen LogP contribution in [0.2, 0.25) is 0 Å². The summed E-state index contributed by atoms with van der Waals surface area (Å²) in [7, 11) is -3.74. The van der Waals surface area contributed by atoms with Crippen LogP contribution in [-0.4, -0.2) is 23.2 Å². The van der Waals surface area contributed by atoms with Crippen molar-refractivity contribution in [1.82, 2.24) is 19.5 Å². The number of hydrogen-bond acceptors (Lipinski definition) is 4. The predicted octanol–water partition coefficient (Wildman–Crippen LogP) is 2.71. The molecule has 2 N–H and O–H groups in total. The third-order valence-electron chi connectivity index (χ3n) is 4.83. The number of aromatic amines is 1. The summed E-state index contributed by atoms with van der Waals surface area (Å²) in [5.74, 6) is 0. The van der Waals surface area contributed by atoms with Gasteiger partial charge in [0.2, 0.25) is 15.6 Å². The van der Waals surface area contributed by atoms with E-state index in [1.165, 1.54) is 12.1 Å². The van der Waals surface area contributed by atoms with Crippen LogP contribution in [-0.2, 0) is 16.6 Å². The van der Waals surface area contributed by atoms with E-state index in [1.54, 1.807) is 19.1 Å². The Morgan fingerprint density at radius 1 is 1.22 bits per heavy atom. The maximum Gasteiger partial charge on any atom is 0.248 e. The Bertz CT molecular complexity index is 1180. The first-order valence-corrected chi connectivity index (χ1v) is 10.3. The molecule has 2 aromatic heterocycles. The monoisotopic (exact) mass is 388 g/mol. The van der Waals surface area contributed by atoms with Gasteiger partial charge in [0.25, 0.3) is 0 Å². The first-order chi connectivity index (χ1) is 12.6. The van der Waals surface area contributed by atoms with E-state index in [4.69, 9.17) is 0 Å². The van der Waals surface area contributed by atoms with Gasteiger partial charge >= 0.3 is 0 Å². The lowest BCUT2D eigenvalue weighted by molar-refractivity contribution is 0.565. The molecule has 0 aliphatic heterocycles. The van der Waals surface area contributed by atoms with E-state index in [9.17, 15) is 13.2 Å². The normalized spacial score (nSPS) is 13.2. The summed E-state index contributed by atoms with van der Waals surface area (Å²) >= 11 is 0. The standard InChI is InChI=1S/C19H24N4O3S/c1-6-23-14(5)19(12(3)21-23)13(4)22-27(25,26)15-7-8-17-16(10-15)11(2)9-18(24)20-17/h7-10,13,22H,6H2,1-5H3,(H,20,24). The molecule has 0 radical (unpaired) electrons. The van der Waals surface area contributed by atoms with Crippen molar-refractivity contribution in [2.45, 2.75) is 52.1 Å². The zero-order valence-corrected chi connectivity index (χ0v) is 16.9. The number of benzene rings is 1. The van der Waals surface area contributed by atoms with Crippen molar-refractivity contribution in [3.05, 3.63) is 57.1 Å². The van der Waals surface area contributed by atoms with Gasteiger partial charge in [-0.2, -0.15) is 5.10 Å². The molecular formula is C19H24N4O3S. The van der Waals surface area contributed by atoms with Gasteiger partial charge < -0.3 is 4.98 Å². The third-order valence-corrected chi connectivity index (χ3v) is 6.37. The molecule has 1 atom stereocenters. The van der Waals surface area contributed by atoms with Crippen molar-refractivity contribution in [2.75, 3.05) is 0 Å². The molecule has 0 aliphatic rings. The highest BCUT2D eigenvalue weighted by Crippen LogP contribution is 2.25. The number of fused-ring (bicyclic) bond motifs is 1. The topological polar surface area (TPSA) is 96.8 Å². The van der Waals surface area contributed by atoms with Gasteiger partial charge in [-0.15, -0.1) is 0 Å². The number of nitrogens with zero attached hydrogens (tertiary/aromatic N) is 2. The molecule has 1 unspecified atom stereocenters. The second-order valence-electron chi connectivity index (χ2n) is 6.77. The van der Waals surface area contributed by atoms with E-state index < -0.39 is 16.1 Å². The molecule has 1 aromatic carbocycles. The fourth-order valence-electron chi connectivity index (χ4n) is 3.57. The molecule has 2 heterocycles. The van der Waals surface area contributed by atoms with Crippen molar-refractivity contribution in [2.24, 2.45) is 0 Å². The molecule has 0 amide bonds. The van der Waals surface area contributed by atoms with Crippen LogP contribution in [0.15, 0.2) is 34.0 Å². The Balaban J connectivity index is 1.99. The summed E-state index contributed by atoms with van der Waals surface area (Å²) < 4.78 is 30.5. The molecule has 0 fully saturated rings. The average molecular weight is 388 g/mol. The second-order valence-corrected chi connectivity index (χ2v) is 8.48. The largest absolute Gasteiger partial charge is 0.322 e. The van der Waals surface area contributed by atoms with Crippen LogP contribution in [0.25, 0.3) is 10.9 Å². The quantitative estimate of drug-likeness (QED) is 0.702. The van der Waals surface area contributed by atoms with Crippen molar-refractivity contribution < 1.29 is 8.42 Å². The fourth-order valence-corrected chi connectivity index (χ4v) is 4.81. The minimum Gasteiger partial charge on any atom is -0.322 e. The van der Waals surface area contributed by atoms with Crippen molar-refractivity contribution >= 4 is 20.9 Å². The van der Waals surface area contributed by atoms with Gasteiger partial charge in [0.1, 0.15) is 0 Å². The molecule has 0 spiro atoms. The predicted molar refractivity (Wildman–Crippen MR) is 105 cm³/mol. The summed E-state index contributed by atoms with van der Waals surface area (Å²) in [6.07, 6.45) is 0. The first-order valence-electron chi connectivity index (χ1n) is 8.84. The summed E-state index contributed by atoms with van der Waals surface area (Å²) in [4.78, 5) is 14.5. The fraction of sp³-hybridized carbons (Fsp3) is 0.368. The van der Waals surface area contributed by atoms with Gasteiger partial charge in [-0.3, -0.25) is 9.48 Å². The van der Waals surface area contributed by atoms with Crippen LogP contribution in [0.5, 0.6) is 0 Å². The molecule has 27 heavy (non-hydrogen) atoms. The van der Waals surface area contributed by atoms with Crippen LogP contribution in [0.1, 0.15) is 42.4 Å². The highest BCUT2D eigenvalue weighted by Gasteiger charge is 2.23. The number of H-pyrrole nitrogens is 1. The molecule has 0 aliphatic carbocycles. The summed E-state index contributed by atoms with van der Waals surface area (Å²) in [6.45, 7) is 10.2. The number of hydrogen-bond donors (Lipinski definition) is 2. The zero-order valence-electron chi connectivity index (χ0n) is 16.1. The van der Waals surface area contributed by atoms with Crippen molar-refractivity contribution in [3.63, 3.8) is 0 Å². The lowest BCUT2D eigenvalue weighted by atomic mass is 10.1. The SMILES string of the molecule is CCn1nc(C)c(C(C)NS(=O)(=O)c2ccc3[nH]c(=O)cc(C)c3c2)c1C. The van der Waals surface area contributed by atoms with E-state index in [0.29, 0.717) is 10.9 Å². The Morgan fingerprint density at radius 2 is 1.93 bits per heavy atom. The van der Waals surface area contributed by atoms with Gasteiger partial charge in [-0.1, -0.05) is 0 Å². The average Bonchev–Trinajstić information content (AvgIpc) is 2.87. The van der Waals surface area contributed by atoms with Gasteiger partial charge in [0.05, 0.1) is 10.6 Å². The van der Waals surface area contributed by atoms with Crippen molar-refractivity contribution in [1.29, 1.82) is 0 Å². The number of nitrogens with one attached hydrogen (secondary N) is 2. The van der Waals surface area contributed by atoms with E-state index in [2.05, 4.69) is 14.8 Å². The molecule has 3 aromatic rings. The Morgan fingerprint density at radius 3 is 2.56 bits per heavy atom. The van der Waals surface area contributed by atoms with Crippen LogP contribution < -0.4 is 10.3 Å². The third kappa shape index (κ3) is 3.54. The molecule has 8 heteroatoms. The molecule has 0 saturated heterocycles.